The van der Waals surface area contributed by atoms with Crippen LogP contribution < -0.4 is 5.73 Å². The van der Waals surface area contributed by atoms with E-state index in [4.69, 9.17) is 5.73 Å². The van der Waals surface area contributed by atoms with Gasteiger partial charge >= 0.3 is 5.97 Å². The summed E-state index contributed by atoms with van der Waals surface area (Å²) in [5.74, 6) is 0.249. The molecule has 114 valence electrons. The van der Waals surface area contributed by atoms with Crippen LogP contribution in [0.2, 0.25) is 0 Å². The van der Waals surface area contributed by atoms with Crippen molar-refractivity contribution in [2.75, 3.05) is 5.73 Å². The van der Waals surface area contributed by atoms with Gasteiger partial charge in [0.15, 0.2) is 0 Å². The Morgan fingerprint density at radius 1 is 1.29 bits per heavy atom. The number of aliphatic carboxylic acids is 1. The van der Waals surface area contributed by atoms with Gasteiger partial charge in [-0.15, -0.1) is 0 Å². The van der Waals surface area contributed by atoms with Crippen molar-refractivity contribution in [3.05, 3.63) is 24.0 Å². The summed E-state index contributed by atoms with van der Waals surface area (Å²) in [6.07, 6.45) is 2.37. The van der Waals surface area contributed by atoms with Crippen molar-refractivity contribution in [3.8, 4) is 0 Å². The van der Waals surface area contributed by atoms with E-state index in [2.05, 4.69) is 18.8 Å². The second kappa shape index (κ2) is 6.16. The molecule has 2 rings (SSSR count). The third-order valence-corrected chi connectivity index (χ3v) is 4.11. The standard InChI is InChI=1S/C16H23N3O2/c1-4-10(5-2)15-18-14-11(17)8-7-9-13(14)19(15)12(6-3)16(20)21/h7-10,12H,4-6,17H2,1-3H3,(H,20,21). The number of para-hydroxylation sites is 1. The molecule has 0 aliphatic rings. The molecule has 1 heterocycles. The number of hydrogen-bond donors (Lipinski definition) is 2. The Kier molecular flexibility index (Phi) is 4.50. The maximum absolute atomic E-state index is 11.6. The molecule has 2 aromatic rings. The molecule has 0 bridgehead atoms. The van der Waals surface area contributed by atoms with E-state index < -0.39 is 12.0 Å². The molecule has 0 saturated heterocycles. The largest absolute Gasteiger partial charge is 0.480 e. The summed E-state index contributed by atoms with van der Waals surface area (Å²) in [4.78, 5) is 16.3. The van der Waals surface area contributed by atoms with E-state index >= 15 is 0 Å². The smallest absolute Gasteiger partial charge is 0.326 e. The van der Waals surface area contributed by atoms with Crippen molar-refractivity contribution in [3.63, 3.8) is 0 Å². The van der Waals surface area contributed by atoms with Gasteiger partial charge in [0.1, 0.15) is 17.4 Å². The Hall–Kier alpha value is -2.04. The molecular formula is C16H23N3O2. The Labute approximate surface area is 124 Å². The highest BCUT2D eigenvalue weighted by Gasteiger charge is 2.27. The molecule has 1 atom stereocenters. The van der Waals surface area contributed by atoms with Crippen LogP contribution in [0.4, 0.5) is 5.69 Å². The summed E-state index contributed by atoms with van der Waals surface area (Å²) in [6.45, 7) is 6.08. The zero-order valence-corrected chi connectivity index (χ0v) is 12.8. The molecule has 1 unspecified atom stereocenters. The Morgan fingerprint density at radius 3 is 2.48 bits per heavy atom. The van der Waals surface area contributed by atoms with Gasteiger partial charge < -0.3 is 15.4 Å². The molecule has 21 heavy (non-hydrogen) atoms. The summed E-state index contributed by atoms with van der Waals surface area (Å²) in [6, 6.07) is 4.95. The molecule has 0 radical (unpaired) electrons. The minimum Gasteiger partial charge on any atom is -0.480 e. The first kappa shape index (κ1) is 15.4. The lowest BCUT2D eigenvalue weighted by atomic mass is 10.0. The summed E-state index contributed by atoms with van der Waals surface area (Å²) in [5, 5.41) is 9.55. The lowest BCUT2D eigenvalue weighted by Gasteiger charge is -2.20. The minimum atomic E-state index is -0.827. The van der Waals surface area contributed by atoms with Gasteiger partial charge in [0.25, 0.3) is 0 Å². The predicted molar refractivity (Wildman–Crippen MR) is 84.4 cm³/mol. The monoisotopic (exact) mass is 289 g/mol. The third kappa shape index (κ3) is 2.60. The molecule has 1 aromatic carbocycles. The number of carboxylic acids is 1. The number of nitrogen functional groups attached to an aromatic ring is 1. The summed E-state index contributed by atoms with van der Waals surface area (Å²) >= 11 is 0. The van der Waals surface area contributed by atoms with E-state index in [1.54, 1.807) is 6.07 Å². The fourth-order valence-electron chi connectivity index (χ4n) is 2.89. The van der Waals surface area contributed by atoms with Gasteiger partial charge in [0.05, 0.1) is 11.2 Å². The summed E-state index contributed by atoms with van der Waals surface area (Å²) in [7, 11) is 0. The average molecular weight is 289 g/mol. The van der Waals surface area contributed by atoms with Crippen LogP contribution in [0.1, 0.15) is 57.8 Å². The van der Waals surface area contributed by atoms with E-state index in [9.17, 15) is 9.90 Å². The van der Waals surface area contributed by atoms with E-state index in [1.165, 1.54) is 0 Å². The first-order chi connectivity index (χ1) is 10.0. The molecule has 3 N–H and O–H groups in total. The second-order valence-corrected chi connectivity index (χ2v) is 5.33. The van der Waals surface area contributed by atoms with Crippen LogP contribution in [-0.2, 0) is 4.79 Å². The number of benzene rings is 1. The fraction of sp³-hybridized carbons (Fsp3) is 0.500. The van der Waals surface area contributed by atoms with Crippen LogP contribution in [0.3, 0.4) is 0 Å². The van der Waals surface area contributed by atoms with Crippen molar-refractivity contribution in [2.45, 2.75) is 52.0 Å². The first-order valence-corrected chi connectivity index (χ1v) is 7.54. The van der Waals surface area contributed by atoms with Gasteiger partial charge in [-0.05, 0) is 31.4 Å². The maximum atomic E-state index is 11.6. The molecule has 0 aliphatic carbocycles. The molecule has 0 amide bonds. The van der Waals surface area contributed by atoms with Gasteiger partial charge in [-0.2, -0.15) is 0 Å². The quantitative estimate of drug-likeness (QED) is 0.797. The normalized spacial score (nSPS) is 13.0. The van der Waals surface area contributed by atoms with Crippen LogP contribution in [-0.4, -0.2) is 20.6 Å². The number of carboxylic acid groups (broad SMARTS) is 1. The zero-order chi connectivity index (χ0) is 15.6. The third-order valence-electron chi connectivity index (χ3n) is 4.11. The summed E-state index contributed by atoms with van der Waals surface area (Å²) < 4.78 is 1.87. The molecule has 1 aromatic heterocycles. The Morgan fingerprint density at radius 2 is 1.95 bits per heavy atom. The number of imidazole rings is 1. The lowest BCUT2D eigenvalue weighted by molar-refractivity contribution is -0.141. The molecular weight excluding hydrogens is 266 g/mol. The number of aromatic nitrogens is 2. The van der Waals surface area contributed by atoms with Crippen molar-refractivity contribution in [1.29, 1.82) is 0 Å². The Bertz CT molecular complexity index is 644. The minimum absolute atomic E-state index is 0.241. The van der Waals surface area contributed by atoms with Gasteiger partial charge in [-0.3, -0.25) is 0 Å². The SMILES string of the molecule is CCC(CC)c1nc2c(N)cccc2n1C(CC)C(=O)O. The van der Waals surface area contributed by atoms with Crippen LogP contribution in [0, 0.1) is 0 Å². The number of anilines is 1. The van der Waals surface area contributed by atoms with Crippen LogP contribution in [0.15, 0.2) is 18.2 Å². The van der Waals surface area contributed by atoms with Crippen molar-refractivity contribution >= 4 is 22.7 Å². The molecule has 0 saturated carbocycles. The van der Waals surface area contributed by atoms with E-state index in [0.717, 1.165) is 24.2 Å². The predicted octanol–water partition coefficient (Wildman–Crippen LogP) is 3.56. The van der Waals surface area contributed by atoms with Gasteiger partial charge in [0, 0.05) is 5.92 Å². The van der Waals surface area contributed by atoms with Crippen molar-refractivity contribution in [1.82, 2.24) is 9.55 Å². The highest BCUT2D eigenvalue weighted by Crippen LogP contribution is 2.32. The number of hydrogen-bond acceptors (Lipinski definition) is 3. The molecule has 0 aliphatic heterocycles. The number of nitrogens with zero attached hydrogens (tertiary/aromatic N) is 2. The highest BCUT2D eigenvalue weighted by molar-refractivity contribution is 5.89. The van der Waals surface area contributed by atoms with Gasteiger partial charge in [0.2, 0.25) is 0 Å². The van der Waals surface area contributed by atoms with Crippen molar-refractivity contribution < 1.29 is 9.90 Å². The zero-order valence-electron chi connectivity index (χ0n) is 12.8. The number of rotatable bonds is 6. The highest BCUT2D eigenvalue weighted by atomic mass is 16.4. The van der Waals surface area contributed by atoms with E-state index in [1.807, 2.05) is 23.6 Å². The maximum Gasteiger partial charge on any atom is 0.326 e. The number of fused-ring (bicyclic) bond motifs is 1. The molecule has 5 heteroatoms. The second-order valence-electron chi connectivity index (χ2n) is 5.33. The molecule has 0 fully saturated rings. The van der Waals surface area contributed by atoms with Crippen LogP contribution in [0.5, 0.6) is 0 Å². The van der Waals surface area contributed by atoms with Gasteiger partial charge in [-0.25, -0.2) is 9.78 Å². The fourth-order valence-corrected chi connectivity index (χ4v) is 2.89. The lowest BCUT2D eigenvalue weighted by Crippen LogP contribution is -2.21. The topological polar surface area (TPSA) is 81.1 Å². The first-order valence-electron chi connectivity index (χ1n) is 7.54. The average Bonchev–Trinajstić information content (AvgIpc) is 2.82. The van der Waals surface area contributed by atoms with E-state index in [0.29, 0.717) is 17.6 Å². The van der Waals surface area contributed by atoms with E-state index in [-0.39, 0.29) is 5.92 Å². The molecule has 0 spiro atoms. The summed E-state index contributed by atoms with van der Waals surface area (Å²) in [5.41, 5.74) is 8.13. The molecule has 5 nitrogen and oxygen atoms in total. The number of nitrogens with two attached hydrogens (primary N) is 1. The van der Waals surface area contributed by atoms with Crippen molar-refractivity contribution in [2.24, 2.45) is 0 Å². The Balaban J connectivity index is 2.77. The van der Waals surface area contributed by atoms with Gasteiger partial charge in [-0.1, -0.05) is 26.8 Å². The van der Waals surface area contributed by atoms with Crippen LogP contribution in [0.25, 0.3) is 11.0 Å². The van der Waals surface area contributed by atoms with Crippen LogP contribution >= 0.6 is 0 Å². The number of carbonyl (C=O) groups is 1.